The molecule has 0 saturated heterocycles. The standard InChI is InChI=1S/C23H45N2.BF4/c1-4-5-6-7-8-9-10-11-12-13-14-15-16-17-18-19-20-25-22-21-24(3)23(25)2;2-1(3,4)5/h21-22H,4-20H2,1-3H3;/q+1;-1. The molecule has 0 saturated carbocycles. The minimum atomic E-state index is -6.00. The summed E-state index contributed by atoms with van der Waals surface area (Å²) in [6.45, 7) is 5.68. The van der Waals surface area contributed by atoms with Gasteiger partial charge in [-0.3, -0.25) is 0 Å². The SMILES string of the molecule is CCCCCCCCCCCCCCCCCCn1cc[n+](C)c1C.F[B-](F)(F)F. The average molecular weight is 436 g/mol. The molecule has 0 bridgehead atoms. The van der Waals surface area contributed by atoms with E-state index in [2.05, 4.69) is 42.4 Å². The van der Waals surface area contributed by atoms with Crippen molar-refractivity contribution in [2.75, 3.05) is 0 Å². The molecule has 178 valence electrons. The number of hydrogen-bond donors (Lipinski definition) is 0. The van der Waals surface area contributed by atoms with Crippen molar-refractivity contribution in [3.63, 3.8) is 0 Å². The first kappa shape index (κ1) is 29.0. The molecule has 7 heteroatoms. The van der Waals surface area contributed by atoms with Crippen LogP contribution in [0.15, 0.2) is 12.4 Å². The van der Waals surface area contributed by atoms with Gasteiger partial charge in [0.1, 0.15) is 12.4 Å². The summed E-state index contributed by atoms with van der Waals surface area (Å²) in [4.78, 5) is 0. The Morgan fingerprint density at radius 2 is 1.03 bits per heavy atom. The summed E-state index contributed by atoms with van der Waals surface area (Å²) in [5.41, 5.74) is 0. The van der Waals surface area contributed by atoms with E-state index in [9.17, 15) is 17.3 Å². The third-order valence-electron chi connectivity index (χ3n) is 5.65. The summed E-state index contributed by atoms with van der Waals surface area (Å²) in [6.07, 6.45) is 27.4. The van der Waals surface area contributed by atoms with Gasteiger partial charge in [-0.2, -0.15) is 0 Å². The minimum absolute atomic E-state index is 1.19. The van der Waals surface area contributed by atoms with Gasteiger partial charge in [0.05, 0.1) is 13.6 Å². The smallest absolute Gasteiger partial charge is 0.418 e. The Hall–Kier alpha value is -1.01. The van der Waals surface area contributed by atoms with Crippen LogP contribution in [0, 0.1) is 6.92 Å². The average Bonchev–Trinajstić information content (AvgIpc) is 2.98. The molecular formula is C23H45BF4N2. The predicted octanol–water partition coefficient (Wildman–Crippen LogP) is 8.18. The Balaban J connectivity index is 0.00000150. The van der Waals surface area contributed by atoms with Gasteiger partial charge in [-0.1, -0.05) is 96.8 Å². The fourth-order valence-electron chi connectivity index (χ4n) is 3.67. The van der Waals surface area contributed by atoms with Gasteiger partial charge in [-0.05, 0) is 12.8 Å². The van der Waals surface area contributed by atoms with Gasteiger partial charge in [0.15, 0.2) is 0 Å². The fraction of sp³-hybridized carbons (Fsp3) is 0.870. The third-order valence-corrected chi connectivity index (χ3v) is 5.65. The largest absolute Gasteiger partial charge is 0.673 e. The van der Waals surface area contributed by atoms with E-state index in [0.29, 0.717) is 0 Å². The maximum Gasteiger partial charge on any atom is 0.673 e. The molecule has 0 unspecified atom stereocenters. The van der Waals surface area contributed by atoms with Crippen LogP contribution >= 0.6 is 0 Å². The van der Waals surface area contributed by atoms with Crippen molar-refractivity contribution in [3.05, 3.63) is 18.2 Å². The van der Waals surface area contributed by atoms with E-state index in [0.717, 1.165) is 0 Å². The summed E-state index contributed by atoms with van der Waals surface area (Å²) in [7, 11) is -3.88. The second kappa shape index (κ2) is 18.7. The molecule has 0 fully saturated rings. The summed E-state index contributed by atoms with van der Waals surface area (Å²) >= 11 is 0. The molecule has 1 aromatic rings. The molecule has 0 N–H and O–H groups in total. The molecule has 1 heterocycles. The van der Waals surface area contributed by atoms with Crippen molar-refractivity contribution < 1.29 is 21.8 Å². The summed E-state index contributed by atoms with van der Waals surface area (Å²) in [6, 6.07) is 0. The van der Waals surface area contributed by atoms with Gasteiger partial charge in [0.25, 0.3) is 5.82 Å². The molecule has 30 heavy (non-hydrogen) atoms. The van der Waals surface area contributed by atoms with Crippen LogP contribution in [0.2, 0.25) is 0 Å². The van der Waals surface area contributed by atoms with Gasteiger partial charge >= 0.3 is 7.25 Å². The van der Waals surface area contributed by atoms with Crippen molar-refractivity contribution in [2.45, 2.75) is 123 Å². The Labute approximate surface area is 182 Å². The number of unbranched alkanes of at least 4 members (excludes halogenated alkanes) is 15. The molecule has 2 nitrogen and oxygen atoms in total. The van der Waals surface area contributed by atoms with Crippen molar-refractivity contribution in [1.29, 1.82) is 0 Å². The van der Waals surface area contributed by atoms with E-state index in [1.807, 2.05) is 0 Å². The zero-order valence-electron chi connectivity index (χ0n) is 19.7. The molecule has 0 aromatic carbocycles. The Bertz CT molecular complexity index is 498. The number of aromatic nitrogens is 2. The Kier molecular flexibility index (Phi) is 18.1. The van der Waals surface area contributed by atoms with E-state index in [-0.39, 0.29) is 0 Å². The molecule has 0 aliphatic carbocycles. The van der Waals surface area contributed by atoms with Crippen LogP contribution in [0.3, 0.4) is 0 Å². The molecule has 0 aliphatic heterocycles. The van der Waals surface area contributed by atoms with Crippen LogP contribution < -0.4 is 4.57 Å². The molecule has 1 rings (SSSR count). The molecule has 0 aliphatic rings. The molecular weight excluding hydrogens is 391 g/mol. The van der Waals surface area contributed by atoms with E-state index in [1.54, 1.807) is 0 Å². The molecule has 0 amide bonds. The lowest BCUT2D eigenvalue weighted by molar-refractivity contribution is -0.677. The quantitative estimate of drug-likeness (QED) is 0.101. The number of aryl methyl sites for hydroxylation is 2. The van der Waals surface area contributed by atoms with Crippen LogP contribution in [0.25, 0.3) is 0 Å². The highest BCUT2D eigenvalue weighted by Gasteiger charge is 2.20. The third kappa shape index (κ3) is 20.3. The highest BCUT2D eigenvalue weighted by molar-refractivity contribution is 6.50. The van der Waals surface area contributed by atoms with Crippen molar-refractivity contribution >= 4 is 7.25 Å². The van der Waals surface area contributed by atoms with Crippen LogP contribution in [0.4, 0.5) is 17.3 Å². The van der Waals surface area contributed by atoms with Gasteiger partial charge < -0.3 is 17.3 Å². The number of halogens is 4. The van der Waals surface area contributed by atoms with Gasteiger partial charge in [-0.25, -0.2) is 9.13 Å². The van der Waals surface area contributed by atoms with Gasteiger partial charge in [0, 0.05) is 6.92 Å². The van der Waals surface area contributed by atoms with Crippen molar-refractivity contribution in [3.8, 4) is 0 Å². The molecule has 0 atom stereocenters. The second-order valence-corrected chi connectivity index (χ2v) is 8.45. The molecule has 1 aromatic heterocycles. The lowest BCUT2D eigenvalue weighted by Gasteiger charge is -2.03. The topological polar surface area (TPSA) is 8.81 Å². The maximum atomic E-state index is 9.75. The van der Waals surface area contributed by atoms with Crippen LogP contribution in [0.5, 0.6) is 0 Å². The summed E-state index contributed by atoms with van der Waals surface area (Å²) in [5.74, 6) is 1.36. The number of nitrogens with zero attached hydrogens (tertiary/aromatic N) is 2. The van der Waals surface area contributed by atoms with E-state index < -0.39 is 7.25 Å². The molecule has 0 radical (unpaired) electrons. The normalized spacial score (nSPS) is 11.4. The zero-order valence-corrected chi connectivity index (χ0v) is 19.7. The first-order valence-corrected chi connectivity index (χ1v) is 12.1. The first-order chi connectivity index (χ1) is 14.3. The minimum Gasteiger partial charge on any atom is -0.418 e. The lowest BCUT2D eigenvalue weighted by atomic mass is 10.0. The van der Waals surface area contributed by atoms with Crippen LogP contribution in [-0.2, 0) is 13.6 Å². The monoisotopic (exact) mass is 436 g/mol. The second-order valence-electron chi connectivity index (χ2n) is 8.45. The number of rotatable bonds is 17. The highest BCUT2D eigenvalue weighted by atomic mass is 19.5. The van der Waals surface area contributed by atoms with E-state index in [4.69, 9.17) is 0 Å². The van der Waals surface area contributed by atoms with E-state index in [1.165, 1.54) is 115 Å². The Morgan fingerprint density at radius 3 is 1.33 bits per heavy atom. The Morgan fingerprint density at radius 1 is 0.700 bits per heavy atom. The summed E-state index contributed by atoms with van der Waals surface area (Å²) in [5, 5.41) is 0. The number of hydrogen-bond acceptors (Lipinski definition) is 0. The summed E-state index contributed by atoms with van der Waals surface area (Å²) < 4.78 is 43.6. The molecule has 0 spiro atoms. The van der Waals surface area contributed by atoms with Gasteiger partial charge in [-0.15, -0.1) is 0 Å². The fourth-order valence-corrected chi connectivity index (χ4v) is 3.67. The van der Waals surface area contributed by atoms with E-state index >= 15 is 0 Å². The lowest BCUT2D eigenvalue weighted by Crippen LogP contribution is -2.29. The predicted molar refractivity (Wildman–Crippen MR) is 120 cm³/mol. The number of imidazole rings is 1. The first-order valence-electron chi connectivity index (χ1n) is 12.1. The van der Waals surface area contributed by atoms with Crippen LogP contribution in [-0.4, -0.2) is 11.8 Å². The van der Waals surface area contributed by atoms with Gasteiger partial charge in [0.2, 0.25) is 0 Å². The van der Waals surface area contributed by atoms with Crippen LogP contribution in [0.1, 0.15) is 115 Å². The maximum absolute atomic E-state index is 9.75. The van der Waals surface area contributed by atoms with Crippen molar-refractivity contribution in [1.82, 2.24) is 4.57 Å². The highest BCUT2D eigenvalue weighted by Crippen LogP contribution is 2.14. The van der Waals surface area contributed by atoms with Crippen molar-refractivity contribution in [2.24, 2.45) is 7.05 Å². The zero-order chi connectivity index (χ0) is 22.7.